The van der Waals surface area contributed by atoms with Gasteiger partial charge in [-0.3, -0.25) is 0 Å². The van der Waals surface area contributed by atoms with Crippen LogP contribution in [0, 0.1) is 0 Å². The smallest absolute Gasteiger partial charge is 0.191 e. The molecule has 0 atom stereocenters. The summed E-state index contributed by atoms with van der Waals surface area (Å²) in [6, 6.07) is 12.0. The predicted molar refractivity (Wildman–Crippen MR) is 99.7 cm³/mol. The molecule has 1 aliphatic rings. The summed E-state index contributed by atoms with van der Waals surface area (Å²) in [6.07, 6.45) is 6.89. The van der Waals surface area contributed by atoms with E-state index in [9.17, 15) is 0 Å². The lowest BCUT2D eigenvalue weighted by atomic mass is 10.2. The van der Waals surface area contributed by atoms with Crippen LogP contribution in [-0.4, -0.2) is 18.6 Å². The Morgan fingerprint density at radius 1 is 1.16 bits per heavy atom. The molecule has 0 aliphatic heterocycles. The highest BCUT2D eigenvalue weighted by atomic mass is 16.5. The normalized spacial score (nSPS) is 15.3. The maximum Gasteiger partial charge on any atom is 0.191 e. The van der Waals surface area contributed by atoms with Crippen LogP contribution < -0.4 is 15.4 Å². The summed E-state index contributed by atoms with van der Waals surface area (Å²) in [5, 5.41) is 6.55. The zero-order valence-electron chi connectivity index (χ0n) is 14.8. The number of rotatable bonds is 7. The van der Waals surface area contributed by atoms with Gasteiger partial charge in [-0.25, -0.2) is 4.99 Å². The molecule has 25 heavy (non-hydrogen) atoms. The lowest BCUT2D eigenvalue weighted by molar-refractivity contribution is 0.208. The number of aliphatic imine (C=N–C) groups is 1. The first-order chi connectivity index (χ1) is 12.3. The third kappa shape index (κ3) is 5.28. The molecule has 134 valence electrons. The summed E-state index contributed by atoms with van der Waals surface area (Å²) in [5.74, 6) is 2.62. The van der Waals surface area contributed by atoms with Crippen molar-refractivity contribution < 1.29 is 9.15 Å². The van der Waals surface area contributed by atoms with E-state index in [4.69, 9.17) is 14.1 Å². The number of nitrogens with one attached hydrogen (secondary N) is 2. The number of ether oxygens (including phenoxy) is 1. The standard InChI is InChI=1S/C20H27N3O2/c1-2-21-20(23-15-18-11-7-13-24-18)22-14-16-8-3-6-12-19(16)25-17-9-4-5-10-17/h3,6-8,11-13,17H,2,4-5,9-10,14-15H2,1H3,(H2,21,22,23). The number of guanidine groups is 1. The first kappa shape index (κ1) is 17.4. The second-order valence-corrected chi connectivity index (χ2v) is 6.26. The Morgan fingerprint density at radius 2 is 2.00 bits per heavy atom. The minimum Gasteiger partial charge on any atom is -0.490 e. The quantitative estimate of drug-likeness (QED) is 0.593. The van der Waals surface area contributed by atoms with Crippen molar-refractivity contribution in [1.82, 2.24) is 10.6 Å². The number of furan rings is 1. The first-order valence-electron chi connectivity index (χ1n) is 9.14. The van der Waals surface area contributed by atoms with Gasteiger partial charge in [0.05, 0.1) is 25.5 Å². The summed E-state index contributed by atoms with van der Waals surface area (Å²) in [4.78, 5) is 4.69. The third-order valence-corrected chi connectivity index (χ3v) is 4.33. The molecule has 0 spiro atoms. The third-order valence-electron chi connectivity index (χ3n) is 4.33. The maximum atomic E-state index is 6.19. The van der Waals surface area contributed by atoms with E-state index in [1.165, 1.54) is 12.8 Å². The van der Waals surface area contributed by atoms with E-state index in [2.05, 4.69) is 23.6 Å². The summed E-state index contributed by atoms with van der Waals surface area (Å²) >= 11 is 0. The van der Waals surface area contributed by atoms with Crippen LogP contribution >= 0.6 is 0 Å². The van der Waals surface area contributed by atoms with Crippen LogP contribution in [0.2, 0.25) is 0 Å². The van der Waals surface area contributed by atoms with Crippen molar-refractivity contribution in [2.24, 2.45) is 4.99 Å². The van der Waals surface area contributed by atoms with Gasteiger partial charge in [0.15, 0.2) is 5.96 Å². The van der Waals surface area contributed by atoms with Gasteiger partial charge in [-0.15, -0.1) is 0 Å². The number of hydrogen-bond donors (Lipinski definition) is 2. The van der Waals surface area contributed by atoms with E-state index in [-0.39, 0.29) is 0 Å². The molecular weight excluding hydrogens is 314 g/mol. The maximum absolute atomic E-state index is 6.19. The van der Waals surface area contributed by atoms with Crippen molar-refractivity contribution in [2.75, 3.05) is 6.54 Å². The Bertz CT molecular complexity index is 661. The molecule has 2 aromatic rings. The molecule has 1 heterocycles. The van der Waals surface area contributed by atoms with Crippen molar-refractivity contribution >= 4 is 5.96 Å². The van der Waals surface area contributed by atoms with Crippen LogP contribution in [0.15, 0.2) is 52.1 Å². The Morgan fingerprint density at radius 3 is 2.76 bits per heavy atom. The average molecular weight is 341 g/mol. The fourth-order valence-electron chi connectivity index (χ4n) is 3.03. The van der Waals surface area contributed by atoms with Gasteiger partial charge in [0.25, 0.3) is 0 Å². The molecule has 1 fully saturated rings. The summed E-state index contributed by atoms with van der Waals surface area (Å²) in [6.45, 7) is 4.06. The van der Waals surface area contributed by atoms with Gasteiger partial charge in [0.2, 0.25) is 0 Å². The lowest BCUT2D eigenvalue weighted by Crippen LogP contribution is -2.36. The first-order valence-corrected chi connectivity index (χ1v) is 9.14. The molecular formula is C20H27N3O2. The van der Waals surface area contributed by atoms with Crippen molar-refractivity contribution in [3.8, 4) is 5.75 Å². The number of nitrogens with zero attached hydrogens (tertiary/aromatic N) is 1. The molecule has 0 bridgehead atoms. The van der Waals surface area contributed by atoms with Gasteiger partial charge < -0.3 is 19.8 Å². The van der Waals surface area contributed by atoms with Gasteiger partial charge in [-0.1, -0.05) is 18.2 Å². The molecule has 0 amide bonds. The average Bonchev–Trinajstić information content (AvgIpc) is 3.32. The molecule has 1 aromatic carbocycles. The van der Waals surface area contributed by atoms with Crippen LogP contribution in [0.3, 0.4) is 0 Å². The molecule has 0 unspecified atom stereocenters. The van der Waals surface area contributed by atoms with Gasteiger partial charge in [0.1, 0.15) is 11.5 Å². The Hall–Kier alpha value is -2.43. The molecule has 3 rings (SSSR count). The van der Waals surface area contributed by atoms with E-state index < -0.39 is 0 Å². The van der Waals surface area contributed by atoms with Crippen molar-refractivity contribution in [3.63, 3.8) is 0 Å². The highest BCUT2D eigenvalue weighted by molar-refractivity contribution is 5.79. The van der Waals surface area contributed by atoms with Gasteiger partial charge in [0, 0.05) is 12.1 Å². The van der Waals surface area contributed by atoms with E-state index in [1.807, 2.05) is 30.3 Å². The van der Waals surface area contributed by atoms with E-state index in [1.54, 1.807) is 6.26 Å². The topological polar surface area (TPSA) is 58.8 Å². The number of benzene rings is 1. The summed E-state index contributed by atoms with van der Waals surface area (Å²) in [7, 11) is 0. The zero-order chi connectivity index (χ0) is 17.3. The minimum atomic E-state index is 0.357. The van der Waals surface area contributed by atoms with E-state index >= 15 is 0 Å². The zero-order valence-corrected chi connectivity index (χ0v) is 14.8. The molecule has 1 saturated carbocycles. The van der Waals surface area contributed by atoms with Crippen LogP contribution in [0.4, 0.5) is 0 Å². The van der Waals surface area contributed by atoms with Crippen LogP contribution in [-0.2, 0) is 13.1 Å². The molecule has 0 radical (unpaired) electrons. The van der Waals surface area contributed by atoms with Gasteiger partial charge in [-0.2, -0.15) is 0 Å². The largest absolute Gasteiger partial charge is 0.490 e. The SMILES string of the molecule is CCNC(=NCc1ccccc1OC1CCCC1)NCc1ccco1. The fraction of sp³-hybridized carbons (Fsp3) is 0.450. The second kappa shape index (κ2) is 9.16. The highest BCUT2D eigenvalue weighted by Crippen LogP contribution is 2.27. The molecule has 2 N–H and O–H groups in total. The molecule has 1 aromatic heterocycles. The fourth-order valence-corrected chi connectivity index (χ4v) is 3.03. The summed E-state index contributed by atoms with van der Waals surface area (Å²) < 4.78 is 11.5. The minimum absolute atomic E-state index is 0.357. The lowest BCUT2D eigenvalue weighted by Gasteiger charge is -2.16. The number of hydrogen-bond acceptors (Lipinski definition) is 3. The molecule has 0 saturated heterocycles. The van der Waals surface area contributed by atoms with E-state index in [0.29, 0.717) is 19.2 Å². The van der Waals surface area contributed by atoms with Crippen molar-refractivity contribution in [1.29, 1.82) is 0 Å². The Balaban J connectivity index is 1.63. The van der Waals surface area contributed by atoms with Gasteiger partial charge >= 0.3 is 0 Å². The highest BCUT2D eigenvalue weighted by Gasteiger charge is 2.17. The monoisotopic (exact) mass is 341 g/mol. The second-order valence-electron chi connectivity index (χ2n) is 6.26. The molecule has 5 nitrogen and oxygen atoms in total. The van der Waals surface area contributed by atoms with Gasteiger partial charge in [-0.05, 0) is 50.8 Å². The predicted octanol–water partition coefficient (Wildman–Crippen LogP) is 3.86. The van der Waals surface area contributed by atoms with Crippen LogP contribution in [0.1, 0.15) is 43.9 Å². The summed E-state index contributed by atoms with van der Waals surface area (Å²) in [5.41, 5.74) is 1.12. The number of para-hydroxylation sites is 1. The Kier molecular flexibility index (Phi) is 6.37. The Labute approximate surface area is 149 Å². The van der Waals surface area contributed by atoms with Crippen molar-refractivity contribution in [3.05, 3.63) is 54.0 Å². The van der Waals surface area contributed by atoms with E-state index in [0.717, 1.165) is 42.4 Å². The van der Waals surface area contributed by atoms with Crippen LogP contribution in [0.5, 0.6) is 5.75 Å². The van der Waals surface area contributed by atoms with Crippen LogP contribution in [0.25, 0.3) is 0 Å². The molecule has 5 heteroatoms. The van der Waals surface area contributed by atoms with Crippen molar-refractivity contribution in [2.45, 2.75) is 51.8 Å². The molecule has 1 aliphatic carbocycles.